The molecule has 0 saturated heterocycles. The van der Waals surface area contributed by atoms with E-state index in [4.69, 9.17) is 0 Å². The SMILES string of the molecule is CCNC(=NCc1cccc([N+](=O)[O-])c1)NCCc1c[nH]c2cccc(C)c12.I. The molecule has 3 aromatic rings. The van der Waals surface area contributed by atoms with Crippen molar-refractivity contribution in [2.45, 2.75) is 26.8 Å². The van der Waals surface area contributed by atoms with Crippen LogP contribution in [0, 0.1) is 17.0 Å². The van der Waals surface area contributed by atoms with Crippen molar-refractivity contribution < 1.29 is 4.92 Å². The first-order valence-electron chi connectivity index (χ1n) is 9.39. The van der Waals surface area contributed by atoms with Gasteiger partial charge < -0.3 is 15.6 Å². The third-order valence-electron chi connectivity index (χ3n) is 4.57. The highest BCUT2D eigenvalue weighted by Crippen LogP contribution is 2.22. The van der Waals surface area contributed by atoms with Gasteiger partial charge in [-0.05, 0) is 43.0 Å². The molecule has 8 heteroatoms. The fourth-order valence-electron chi connectivity index (χ4n) is 3.24. The average molecular weight is 507 g/mol. The van der Waals surface area contributed by atoms with Crippen molar-refractivity contribution in [2.24, 2.45) is 4.99 Å². The third-order valence-corrected chi connectivity index (χ3v) is 4.57. The molecule has 0 spiro atoms. The van der Waals surface area contributed by atoms with Crippen LogP contribution in [0.5, 0.6) is 0 Å². The molecule has 0 amide bonds. The van der Waals surface area contributed by atoms with Crippen molar-refractivity contribution in [1.82, 2.24) is 15.6 Å². The number of non-ortho nitro benzene ring substituents is 1. The molecule has 0 bridgehead atoms. The Morgan fingerprint density at radius 3 is 2.76 bits per heavy atom. The lowest BCUT2D eigenvalue weighted by molar-refractivity contribution is -0.384. The van der Waals surface area contributed by atoms with Crippen molar-refractivity contribution in [1.29, 1.82) is 0 Å². The van der Waals surface area contributed by atoms with Gasteiger partial charge in [-0.15, -0.1) is 24.0 Å². The maximum absolute atomic E-state index is 10.9. The molecular formula is C21H26IN5O2. The van der Waals surface area contributed by atoms with E-state index < -0.39 is 0 Å². The van der Waals surface area contributed by atoms with Gasteiger partial charge in [0.1, 0.15) is 0 Å². The molecule has 0 aliphatic carbocycles. The van der Waals surface area contributed by atoms with Crippen LogP contribution in [-0.2, 0) is 13.0 Å². The Kier molecular flexibility index (Phi) is 8.44. The van der Waals surface area contributed by atoms with Crippen molar-refractivity contribution in [3.63, 3.8) is 0 Å². The normalized spacial score (nSPS) is 11.2. The molecule has 154 valence electrons. The van der Waals surface area contributed by atoms with Gasteiger partial charge in [-0.1, -0.05) is 24.3 Å². The smallest absolute Gasteiger partial charge is 0.269 e. The number of fused-ring (bicyclic) bond motifs is 1. The van der Waals surface area contributed by atoms with Crippen molar-refractivity contribution in [3.8, 4) is 0 Å². The number of nitrogens with one attached hydrogen (secondary N) is 3. The molecule has 0 radical (unpaired) electrons. The number of hydrogen-bond donors (Lipinski definition) is 3. The first-order chi connectivity index (χ1) is 13.6. The molecule has 7 nitrogen and oxygen atoms in total. The van der Waals surface area contributed by atoms with Crippen molar-refractivity contribution >= 4 is 46.5 Å². The summed E-state index contributed by atoms with van der Waals surface area (Å²) in [5, 5.41) is 18.7. The predicted molar refractivity (Wildman–Crippen MR) is 128 cm³/mol. The quantitative estimate of drug-likeness (QED) is 0.146. The molecule has 0 atom stereocenters. The maximum atomic E-state index is 10.9. The lowest BCUT2D eigenvalue weighted by atomic mass is 10.1. The molecule has 29 heavy (non-hydrogen) atoms. The zero-order chi connectivity index (χ0) is 19.9. The van der Waals surface area contributed by atoms with E-state index in [2.05, 4.69) is 51.9 Å². The van der Waals surface area contributed by atoms with E-state index in [-0.39, 0.29) is 34.6 Å². The molecule has 0 fully saturated rings. The van der Waals surface area contributed by atoms with Gasteiger partial charge in [0.15, 0.2) is 5.96 Å². The Balaban J connectivity index is 0.00000300. The van der Waals surface area contributed by atoms with Crippen LogP contribution in [0.2, 0.25) is 0 Å². The summed E-state index contributed by atoms with van der Waals surface area (Å²) in [6, 6.07) is 12.8. The molecule has 3 rings (SSSR count). The van der Waals surface area contributed by atoms with Crippen LogP contribution < -0.4 is 10.6 Å². The Bertz CT molecular complexity index is 1000. The Labute approximate surface area is 187 Å². The number of nitro benzene ring substituents is 1. The Morgan fingerprint density at radius 2 is 2.00 bits per heavy atom. The molecule has 1 aromatic heterocycles. The number of halogens is 1. The second-order valence-corrected chi connectivity index (χ2v) is 6.61. The third kappa shape index (κ3) is 5.93. The van der Waals surface area contributed by atoms with Gasteiger partial charge in [0.25, 0.3) is 5.69 Å². The van der Waals surface area contributed by atoms with Crippen LogP contribution in [0.25, 0.3) is 10.9 Å². The second kappa shape index (κ2) is 10.8. The topological polar surface area (TPSA) is 95.3 Å². The van der Waals surface area contributed by atoms with E-state index in [0.717, 1.165) is 30.6 Å². The summed E-state index contributed by atoms with van der Waals surface area (Å²) in [6.45, 7) is 5.99. The maximum Gasteiger partial charge on any atom is 0.269 e. The van der Waals surface area contributed by atoms with Crippen LogP contribution in [0.15, 0.2) is 53.7 Å². The van der Waals surface area contributed by atoms with Crippen LogP contribution in [0.3, 0.4) is 0 Å². The van der Waals surface area contributed by atoms with Crippen LogP contribution in [0.4, 0.5) is 5.69 Å². The number of nitro groups is 1. The van der Waals surface area contributed by atoms with E-state index in [1.165, 1.54) is 22.6 Å². The van der Waals surface area contributed by atoms with Gasteiger partial charge in [0, 0.05) is 42.3 Å². The predicted octanol–water partition coefficient (Wildman–Crippen LogP) is 4.30. The van der Waals surface area contributed by atoms with E-state index in [1.807, 2.05) is 13.0 Å². The number of benzene rings is 2. The van der Waals surface area contributed by atoms with Gasteiger partial charge in [-0.2, -0.15) is 0 Å². The van der Waals surface area contributed by atoms with Gasteiger partial charge >= 0.3 is 0 Å². The minimum atomic E-state index is -0.389. The van der Waals surface area contributed by atoms with Gasteiger partial charge in [-0.25, -0.2) is 4.99 Å². The zero-order valence-electron chi connectivity index (χ0n) is 16.6. The molecule has 2 aromatic carbocycles. The number of aromatic nitrogens is 1. The number of aromatic amines is 1. The van der Waals surface area contributed by atoms with Crippen LogP contribution >= 0.6 is 24.0 Å². The van der Waals surface area contributed by atoms with E-state index in [0.29, 0.717) is 12.5 Å². The minimum absolute atomic E-state index is 0. The molecule has 0 saturated carbocycles. The average Bonchev–Trinajstić information content (AvgIpc) is 3.11. The molecule has 0 aliphatic rings. The molecule has 0 unspecified atom stereocenters. The number of aliphatic imine (C=N–C) groups is 1. The first kappa shape index (κ1) is 22.7. The monoisotopic (exact) mass is 507 g/mol. The summed E-state index contributed by atoms with van der Waals surface area (Å²) in [5.41, 5.74) is 4.58. The number of aryl methyl sites for hydroxylation is 1. The molecule has 3 N–H and O–H groups in total. The number of nitrogens with zero attached hydrogens (tertiary/aromatic N) is 2. The number of rotatable bonds is 7. The van der Waals surface area contributed by atoms with Crippen molar-refractivity contribution in [2.75, 3.05) is 13.1 Å². The lowest BCUT2D eigenvalue weighted by Crippen LogP contribution is -2.38. The zero-order valence-corrected chi connectivity index (χ0v) is 18.9. The summed E-state index contributed by atoms with van der Waals surface area (Å²) in [6.07, 6.45) is 2.93. The minimum Gasteiger partial charge on any atom is -0.361 e. The van der Waals surface area contributed by atoms with E-state index in [1.54, 1.807) is 12.1 Å². The highest BCUT2D eigenvalue weighted by atomic mass is 127. The van der Waals surface area contributed by atoms with Gasteiger partial charge in [0.05, 0.1) is 11.5 Å². The largest absolute Gasteiger partial charge is 0.361 e. The fraction of sp³-hybridized carbons (Fsp3) is 0.286. The lowest BCUT2D eigenvalue weighted by Gasteiger charge is -2.11. The number of H-pyrrole nitrogens is 1. The van der Waals surface area contributed by atoms with Gasteiger partial charge in [-0.3, -0.25) is 10.1 Å². The standard InChI is InChI=1S/C21H25N5O2.HI/c1-3-22-21(25-13-16-7-5-8-18(12-16)26(27)28)23-11-10-17-14-24-19-9-4-6-15(2)20(17)19;/h4-9,12,14,24H,3,10-11,13H2,1-2H3,(H2,22,23,25);1H. The number of hydrogen-bond acceptors (Lipinski definition) is 3. The fourth-order valence-corrected chi connectivity index (χ4v) is 3.24. The summed E-state index contributed by atoms with van der Waals surface area (Å²) in [7, 11) is 0. The highest BCUT2D eigenvalue weighted by Gasteiger charge is 2.07. The summed E-state index contributed by atoms with van der Waals surface area (Å²) in [4.78, 5) is 18.4. The summed E-state index contributed by atoms with van der Waals surface area (Å²) < 4.78 is 0. The summed E-state index contributed by atoms with van der Waals surface area (Å²) >= 11 is 0. The Hall–Kier alpha value is -2.62. The number of guanidine groups is 1. The van der Waals surface area contributed by atoms with Gasteiger partial charge in [0.2, 0.25) is 0 Å². The highest BCUT2D eigenvalue weighted by molar-refractivity contribution is 14.0. The second-order valence-electron chi connectivity index (χ2n) is 6.61. The molecule has 1 heterocycles. The van der Waals surface area contributed by atoms with Crippen LogP contribution in [0.1, 0.15) is 23.6 Å². The Morgan fingerprint density at radius 1 is 1.21 bits per heavy atom. The van der Waals surface area contributed by atoms with E-state index in [9.17, 15) is 10.1 Å². The summed E-state index contributed by atoms with van der Waals surface area (Å²) in [5.74, 6) is 0.700. The van der Waals surface area contributed by atoms with Crippen LogP contribution in [-0.4, -0.2) is 29.0 Å². The molecule has 0 aliphatic heterocycles. The molecular weight excluding hydrogens is 481 g/mol. The van der Waals surface area contributed by atoms with Crippen molar-refractivity contribution in [3.05, 3.63) is 75.5 Å². The first-order valence-corrected chi connectivity index (χ1v) is 9.39. The van der Waals surface area contributed by atoms with E-state index >= 15 is 0 Å².